The van der Waals surface area contributed by atoms with Crippen LogP contribution >= 0.6 is 0 Å². The maximum atomic E-state index is 12.8. The summed E-state index contributed by atoms with van der Waals surface area (Å²) in [6, 6.07) is 0. The lowest BCUT2D eigenvalue weighted by atomic mass is 10.1. The van der Waals surface area contributed by atoms with Crippen LogP contribution in [0.25, 0.3) is 0 Å². The molecule has 5 nitrogen and oxygen atoms in total. The van der Waals surface area contributed by atoms with Crippen LogP contribution in [-0.2, 0) is 23.8 Å². The molecule has 0 heterocycles. The molecule has 66 heavy (non-hydrogen) atoms. The summed E-state index contributed by atoms with van der Waals surface area (Å²) in [7, 11) is 0. The molecule has 0 saturated carbocycles. The Hall–Kier alpha value is -3.18. The first-order chi connectivity index (χ1) is 32.6. The largest absolute Gasteiger partial charge is 0.462 e. The van der Waals surface area contributed by atoms with Crippen LogP contribution < -0.4 is 0 Å². The Morgan fingerprint density at radius 3 is 1.18 bits per heavy atom. The third kappa shape index (κ3) is 53.4. The van der Waals surface area contributed by atoms with Gasteiger partial charge in [-0.2, -0.15) is 0 Å². The standard InChI is InChI=1S/C61H104O5/c1-4-7-10-13-16-19-22-25-28-31-33-36-39-42-45-48-51-54-60(62)65-58-59(57-64-56-53-50-47-44-41-38-35-30-27-24-21-18-15-12-9-6-3)66-61(63)55-52-49-46-43-40-37-34-32-29-26-23-20-17-14-11-8-5-2/h7,10,16-17,19-20,25-30,33,36,42,45,59H,4-6,8-9,11-15,18,21-24,31-32,34-35,37-41,43-44,46-58H2,1-3H3/b10-7-,19-16-,20-17-,28-25-,29-26-,30-27-,36-33-,45-42-. The van der Waals surface area contributed by atoms with E-state index < -0.39 is 6.10 Å². The van der Waals surface area contributed by atoms with E-state index in [2.05, 4.69) is 118 Å². The van der Waals surface area contributed by atoms with E-state index in [0.717, 1.165) is 83.5 Å². The zero-order chi connectivity index (χ0) is 47.7. The fourth-order valence-electron chi connectivity index (χ4n) is 7.45. The number of carbonyl (C=O) groups is 2. The Kier molecular flexibility index (Phi) is 53.4. The topological polar surface area (TPSA) is 61.8 Å². The second-order valence-electron chi connectivity index (χ2n) is 18.1. The molecule has 1 atom stereocenters. The number of ether oxygens (including phenoxy) is 3. The zero-order valence-corrected chi connectivity index (χ0v) is 43.4. The Bertz CT molecular complexity index is 1270. The van der Waals surface area contributed by atoms with Crippen molar-refractivity contribution in [3.05, 3.63) is 97.2 Å². The molecule has 0 amide bonds. The molecule has 0 rings (SSSR count). The molecule has 0 N–H and O–H groups in total. The number of carbonyl (C=O) groups excluding carboxylic acids is 2. The maximum Gasteiger partial charge on any atom is 0.306 e. The van der Waals surface area contributed by atoms with Crippen molar-refractivity contribution in [3.63, 3.8) is 0 Å². The average molecular weight is 917 g/mol. The lowest BCUT2D eigenvalue weighted by Crippen LogP contribution is -2.30. The lowest BCUT2D eigenvalue weighted by Gasteiger charge is -2.18. The van der Waals surface area contributed by atoms with E-state index in [4.69, 9.17) is 14.2 Å². The Morgan fingerprint density at radius 1 is 0.348 bits per heavy atom. The van der Waals surface area contributed by atoms with Gasteiger partial charge < -0.3 is 14.2 Å². The summed E-state index contributed by atoms with van der Waals surface area (Å²) in [5.74, 6) is -0.476. The quantitative estimate of drug-likeness (QED) is 0.0346. The zero-order valence-electron chi connectivity index (χ0n) is 43.4. The van der Waals surface area contributed by atoms with E-state index in [1.807, 2.05) is 0 Å². The normalized spacial score (nSPS) is 13.0. The minimum Gasteiger partial charge on any atom is -0.462 e. The van der Waals surface area contributed by atoms with Crippen molar-refractivity contribution in [1.82, 2.24) is 0 Å². The molecular weight excluding hydrogens is 813 g/mol. The molecule has 0 fully saturated rings. The summed E-state index contributed by atoms with van der Waals surface area (Å²) in [4.78, 5) is 25.5. The maximum absolute atomic E-state index is 12.8. The van der Waals surface area contributed by atoms with Crippen LogP contribution in [0.5, 0.6) is 0 Å². The van der Waals surface area contributed by atoms with E-state index in [1.54, 1.807) is 0 Å². The number of allylic oxidation sites excluding steroid dienone is 16. The van der Waals surface area contributed by atoms with E-state index in [-0.39, 0.29) is 25.2 Å². The van der Waals surface area contributed by atoms with Gasteiger partial charge in [-0.25, -0.2) is 0 Å². The molecule has 0 radical (unpaired) electrons. The van der Waals surface area contributed by atoms with Crippen molar-refractivity contribution < 1.29 is 23.8 Å². The van der Waals surface area contributed by atoms with Gasteiger partial charge in [0, 0.05) is 19.4 Å². The molecule has 0 aromatic carbocycles. The first-order valence-electron chi connectivity index (χ1n) is 27.8. The van der Waals surface area contributed by atoms with Gasteiger partial charge in [0.05, 0.1) is 6.61 Å². The van der Waals surface area contributed by atoms with Gasteiger partial charge >= 0.3 is 11.9 Å². The average Bonchev–Trinajstić information content (AvgIpc) is 3.32. The fourth-order valence-corrected chi connectivity index (χ4v) is 7.45. The summed E-state index contributed by atoms with van der Waals surface area (Å²) in [6.07, 6.45) is 75.7. The highest BCUT2D eigenvalue weighted by Crippen LogP contribution is 2.13. The van der Waals surface area contributed by atoms with Gasteiger partial charge in [0.1, 0.15) is 6.61 Å². The molecule has 0 aromatic heterocycles. The number of hydrogen-bond donors (Lipinski definition) is 0. The number of esters is 2. The molecule has 0 saturated heterocycles. The molecule has 0 bridgehead atoms. The number of rotatable bonds is 50. The fraction of sp³-hybridized carbons (Fsp3) is 0.705. The third-order valence-corrected chi connectivity index (χ3v) is 11.6. The molecule has 0 aromatic rings. The van der Waals surface area contributed by atoms with Crippen molar-refractivity contribution in [2.45, 2.75) is 258 Å². The predicted molar refractivity (Wildman–Crippen MR) is 288 cm³/mol. The minimum atomic E-state index is -0.572. The molecule has 378 valence electrons. The Balaban J connectivity index is 4.40. The molecule has 0 aliphatic rings. The summed E-state index contributed by atoms with van der Waals surface area (Å²) in [5.41, 5.74) is 0. The second-order valence-corrected chi connectivity index (χ2v) is 18.1. The first kappa shape index (κ1) is 62.8. The molecule has 0 aliphatic heterocycles. The van der Waals surface area contributed by atoms with Crippen LogP contribution in [0.4, 0.5) is 0 Å². The van der Waals surface area contributed by atoms with E-state index in [9.17, 15) is 9.59 Å². The number of hydrogen-bond acceptors (Lipinski definition) is 5. The molecule has 1 unspecified atom stereocenters. The van der Waals surface area contributed by atoms with Crippen molar-refractivity contribution in [2.75, 3.05) is 19.8 Å². The van der Waals surface area contributed by atoms with Crippen LogP contribution in [0.2, 0.25) is 0 Å². The summed E-state index contributed by atoms with van der Waals surface area (Å²) in [6.45, 7) is 7.61. The summed E-state index contributed by atoms with van der Waals surface area (Å²) < 4.78 is 17.4. The molecule has 5 heteroatoms. The van der Waals surface area contributed by atoms with Crippen molar-refractivity contribution >= 4 is 11.9 Å². The van der Waals surface area contributed by atoms with Crippen LogP contribution in [-0.4, -0.2) is 37.9 Å². The van der Waals surface area contributed by atoms with Gasteiger partial charge in [-0.1, -0.05) is 221 Å². The van der Waals surface area contributed by atoms with Gasteiger partial charge in [0.25, 0.3) is 0 Å². The van der Waals surface area contributed by atoms with Gasteiger partial charge in [-0.15, -0.1) is 0 Å². The summed E-state index contributed by atoms with van der Waals surface area (Å²) in [5, 5.41) is 0. The van der Waals surface area contributed by atoms with Gasteiger partial charge in [-0.3, -0.25) is 9.59 Å². The van der Waals surface area contributed by atoms with Gasteiger partial charge in [0.15, 0.2) is 6.10 Å². The predicted octanol–water partition coefficient (Wildman–Crippen LogP) is 19.0. The highest BCUT2D eigenvalue weighted by atomic mass is 16.6. The van der Waals surface area contributed by atoms with Crippen LogP contribution in [0.15, 0.2) is 97.2 Å². The van der Waals surface area contributed by atoms with Gasteiger partial charge in [0.2, 0.25) is 0 Å². The van der Waals surface area contributed by atoms with Crippen LogP contribution in [0.1, 0.15) is 252 Å². The Morgan fingerprint density at radius 2 is 0.697 bits per heavy atom. The third-order valence-electron chi connectivity index (χ3n) is 11.6. The van der Waals surface area contributed by atoms with Crippen molar-refractivity contribution in [2.24, 2.45) is 0 Å². The van der Waals surface area contributed by atoms with Crippen molar-refractivity contribution in [1.29, 1.82) is 0 Å². The van der Waals surface area contributed by atoms with Gasteiger partial charge in [-0.05, 0) is 116 Å². The second kappa shape index (κ2) is 56.1. The molecule has 0 aliphatic carbocycles. The Labute approximate surface area is 409 Å². The van der Waals surface area contributed by atoms with Crippen LogP contribution in [0, 0.1) is 0 Å². The van der Waals surface area contributed by atoms with Crippen molar-refractivity contribution in [3.8, 4) is 0 Å². The first-order valence-corrected chi connectivity index (χ1v) is 27.8. The highest BCUT2D eigenvalue weighted by Gasteiger charge is 2.17. The van der Waals surface area contributed by atoms with E-state index in [1.165, 1.54) is 135 Å². The van der Waals surface area contributed by atoms with E-state index >= 15 is 0 Å². The van der Waals surface area contributed by atoms with Crippen LogP contribution in [0.3, 0.4) is 0 Å². The SMILES string of the molecule is CC/C=C\C/C=C\C/C=C\C/C=C\C/C=C\CCCC(=O)OCC(COCCCCCCCC/C=C\CCCCCCCC)OC(=O)CCCCCCCCC/C=C\C/C=C\CCCCC. The minimum absolute atomic E-state index is 0.0462. The lowest BCUT2D eigenvalue weighted by molar-refractivity contribution is -0.163. The monoisotopic (exact) mass is 917 g/mol. The van der Waals surface area contributed by atoms with E-state index in [0.29, 0.717) is 19.4 Å². The highest BCUT2D eigenvalue weighted by molar-refractivity contribution is 5.70. The summed E-state index contributed by atoms with van der Waals surface area (Å²) >= 11 is 0. The molecule has 0 spiro atoms. The number of unbranched alkanes of at least 4 members (excludes halogenated alkanes) is 23. The smallest absolute Gasteiger partial charge is 0.306 e. The molecular formula is C61H104O5.